The van der Waals surface area contributed by atoms with Gasteiger partial charge in [-0.3, -0.25) is 14.4 Å². The van der Waals surface area contributed by atoms with Crippen LogP contribution in [0.1, 0.15) is 48.0 Å². The fourth-order valence-electron chi connectivity index (χ4n) is 4.83. The Hall–Kier alpha value is -3.55. The highest BCUT2D eigenvalue weighted by molar-refractivity contribution is 6.05. The van der Waals surface area contributed by atoms with Gasteiger partial charge < -0.3 is 25.0 Å². The first kappa shape index (κ1) is 21.3. The minimum atomic E-state index is -0.400. The quantitative estimate of drug-likeness (QED) is 0.707. The number of carbonyl (C=O) groups is 3. The molecule has 5 rings (SSSR count). The van der Waals surface area contributed by atoms with E-state index >= 15 is 0 Å². The summed E-state index contributed by atoms with van der Waals surface area (Å²) in [6.45, 7) is 0.961. The summed E-state index contributed by atoms with van der Waals surface area (Å²) in [6.07, 6.45) is 4.54. The molecule has 2 aromatic carbocycles. The zero-order valence-corrected chi connectivity index (χ0v) is 18.3. The maximum absolute atomic E-state index is 12.9. The number of fused-ring (bicyclic) bond motifs is 1. The van der Waals surface area contributed by atoms with Crippen molar-refractivity contribution in [2.24, 2.45) is 5.92 Å². The van der Waals surface area contributed by atoms with Gasteiger partial charge >= 0.3 is 0 Å². The third-order valence-corrected chi connectivity index (χ3v) is 6.61. The standard InChI is InChI=1S/C25H27N3O5/c29-23-12-17(14-28(23)18-5-1-2-6-18)24(30)27-20-8-4-3-7-19(20)25(31)26-13-16-9-10-21-22(11-16)33-15-32-21/h3-4,7-11,17-18H,1-2,5-6,12-15H2,(H,26,31)(H,27,30). The average molecular weight is 450 g/mol. The van der Waals surface area contributed by atoms with Crippen molar-refractivity contribution in [2.75, 3.05) is 18.7 Å². The molecule has 1 aliphatic carbocycles. The lowest BCUT2D eigenvalue weighted by molar-refractivity contribution is -0.129. The van der Waals surface area contributed by atoms with Crippen molar-refractivity contribution in [3.05, 3.63) is 53.6 Å². The molecule has 1 saturated carbocycles. The molecule has 3 aliphatic rings. The number of likely N-dealkylation sites (tertiary alicyclic amines) is 1. The van der Waals surface area contributed by atoms with E-state index in [4.69, 9.17) is 9.47 Å². The molecule has 1 saturated heterocycles. The smallest absolute Gasteiger partial charge is 0.253 e. The molecule has 2 heterocycles. The Balaban J connectivity index is 1.21. The Morgan fingerprint density at radius 3 is 2.67 bits per heavy atom. The predicted molar refractivity (Wildman–Crippen MR) is 121 cm³/mol. The Morgan fingerprint density at radius 1 is 1.03 bits per heavy atom. The molecule has 2 fully saturated rings. The van der Waals surface area contributed by atoms with E-state index in [1.165, 1.54) is 0 Å². The molecule has 0 bridgehead atoms. The number of hydrogen-bond acceptors (Lipinski definition) is 5. The number of anilines is 1. The van der Waals surface area contributed by atoms with E-state index < -0.39 is 5.92 Å². The lowest BCUT2D eigenvalue weighted by atomic mass is 10.1. The lowest BCUT2D eigenvalue weighted by Crippen LogP contribution is -2.35. The number of carbonyl (C=O) groups excluding carboxylic acids is 3. The van der Waals surface area contributed by atoms with Crippen molar-refractivity contribution < 1.29 is 23.9 Å². The molecule has 8 nitrogen and oxygen atoms in total. The molecule has 33 heavy (non-hydrogen) atoms. The SMILES string of the molecule is O=C(NCc1ccc2c(c1)OCO2)c1ccccc1NC(=O)C1CC(=O)N(C2CCCC2)C1. The van der Waals surface area contributed by atoms with Crippen LogP contribution in [0.5, 0.6) is 11.5 Å². The number of nitrogens with one attached hydrogen (secondary N) is 2. The van der Waals surface area contributed by atoms with E-state index in [-0.39, 0.29) is 37.0 Å². The fourth-order valence-corrected chi connectivity index (χ4v) is 4.83. The summed E-state index contributed by atoms with van der Waals surface area (Å²) < 4.78 is 10.7. The van der Waals surface area contributed by atoms with Gasteiger partial charge in [0.15, 0.2) is 11.5 Å². The van der Waals surface area contributed by atoms with Crippen molar-refractivity contribution in [2.45, 2.75) is 44.7 Å². The second-order valence-electron chi connectivity index (χ2n) is 8.79. The number of hydrogen-bond donors (Lipinski definition) is 2. The Bertz CT molecular complexity index is 1080. The fraction of sp³-hybridized carbons (Fsp3) is 0.400. The Kier molecular flexibility index (Phi) is 5.90. The summed E-state index contributed by atoms with van der Waals surface area (Å²) in [5.41, 5.74) is 1.70. The molecule has 3 amide bonds. The van der Waals surface area contributed by atoms with Crippen LogP contribution >= 0.6 is 0 Å². The number of nitrogens with zero attached hydrogens (tertiary/aromatic N) is 1. The minimum Gasteiger partial charge on any atom is -0.454 e. The lowest BCUT2D eigenvalue weighted by Gasteiger charge is -2.24. The molecule has 2 aliphatic heterocycles. The van der Waals surface area contributed by atoms with Gasteiger partial charge in [0.2, 0.25) is 18.6 Å². The third kappa shape index (κ3) is 4.51. The molecule has 0 radical (unpaired) electrons. The summed E-state index contributed by atoms with van der Waals surface area (Å²) >= 11 is 0. The normalized spacial score (nSPS) is 19.7. The maximum Gasteiger partial charge on any atom is 0.253 e. The van der Waals surface area contributed by atoms with Gasteiger partial charge in [0, 0.05) is 25.6 Å². The topological polar surface area (TPSA) is 97.0 Å². The molecule has 172 valence electrons. The van der Waals surface area contributed by atoms with Crippen LogP contribution in [0, 0.1) is 5.92 Å². The summed E-state index contributed by atoms with van der Waals surface area (Å²) in [6, 6.07) is 12.7. The van der Waals surface area contributed by atoms with Gasteiger partial charge in [0.1, 0.15) is 0 Å². The molecule has 2 aromatic rings. The molecule has 2 N–H and O–H groups in total. The van der Waals surface area contributed by atoms with Crippen LogP contribution in [0.25, 0.3) is 0 Å². The largest absolute Gasteiger partial charge is 0.454 e. The van der Waals surface area contributed by atoms with Crippen molar-refractivity contribution in [1.82, 2.24) is 10.2 Å². The third-order valence-electron chi connectivity index (χ3n) is 6.61. The minimum absolute atomic E-state index is 0.0526. The highest BCUT2D eigenvalue weighted by Crippen LogP contribution is 2.33. The van der Waals surface area contributed by atoms with E-state index in [9.17, 15) is 14.4 Å². The molecular formula is C25H27N3O5. The molecule has 0 aromatic heterocycles. The van der Waals surface area contributed by atoms with Gasteiger partial charge in [-0.15, -0.1) is 0 Å². The monoisotopic (exact) mass is 449 g/mol. The second-order valence-corrected chi connectivity index (χ2v) is 8.79. The number of rotatable bonds is 6. The number of ether oxygens (including phenoxy) is 2. The van der Waals surface area contributed by atoms with Gasteiger partial charge in [0.05, 0.1) is 17.2 Å². The van der Waals surface area contributed by atoms with Crippen molar-refractivity contribution in [3.8, 4) is 11.5 Å². The van der Waals surface area contributed by atoms with Crippen LogP contribution in [0.2, 0.25) is 0 Å². The first-order valence-corrected chi connectivity index (χ1v) is 11.4. The van der Waals surface area contributed by atoms with Gasteiger partial charge in [-0.1, -0.05) is 31.0 Å². The van der Waals surface area contributed by atoms with Crippen molar-refractivity contribution in [1.29, 1.82) is 0 Å². The van der Waals surface area contributed by atoms with Crippen LogP contribution in [0.4, 0.5) is 5.69 Å². The van der Waals surface area contributed by atoms with Gasteiger partial charge in [-0.25, -0.2) is 0 Å². The molecular weight excluding hydrogens is 422 g/mol. The van der Waals surface area contributed by atoms with E-state index in [0.29, 0.717) is 35.8 Å². The van der Waals surface area contributed by atoms with Crippen molar-refractivity contribution in [3.63, 3.8) is 0 Å². The number of amides is 3. The predicted octanol–water partition coefficient (Wildman–Crippen LogP) is 3.07. The number of para-hydroxylation sites is 1. The van der Waals surface area contributed by atoms with Gasteiger partial charge in [-0.05, 0) is 42.7 Å². The zero-order valence-electron chi connectivity index (χ0n) is 18.3. The van der Waals surface area contributed by atoms with Gasteiger partial charge in [-0.2, -0.15) is 0 Å². The summed E-state index contributed by atoms with van der Waals surface area (Å²) in [7, 11) is 0. The van der Waals surface area contributed by atoms with E-state index in [2.05, 4.69) is 10.6 Å². The van der Waals surface area contributed by atoms with Crippen LogP contribution in [-0.2, 0) is 16.1 Å². The first-order chi connectivity index (χ1) is 16.1. The highest BCUT2D eigenvalue weighted by Gasteiger charge is 2.38. The Morgan fingerprint density at radius 2 is 1.82 bits per heavy atom. The summed E-state index contributed by atoms with van der Waals surface area (Å²) in [5.74, 6) is 0.486. The first-order valence-electron chi connectivity index (χ1n) is 11.4. The number of benzene rings is 2. The highest BCUT2D eigenvalue weighted by atomic mass is 16.7. The van der Waals surface area contributed by atoms with E-state index in [0.717, 1.165) is 31.2 Å². The van der Waals surface area contributed by atoms with Gasteiger partial charge in [0.25, 0.3) is 5.91 Å². The van der Waals surface area contributed by atoms with Crippen LogP contribution in [0.15, 0.2) is 42.5 Å². The second kappa shape index (κ2) is 9.13. The van der Waals surface area contributed by atoms with Crippen molar-refractivity contribution >= 4 is 23.4 Å². The maximum atomic E-state index is 12.9. The summed E-state index contributed by atoms with van der Waals surface area (Å²) in [5, 5.41) is 5.77. The van der Waals surface area contributed by atoms with E-state index in [1.54, 1.807) is 24.3 Å². The molecule has 8 heteroatoms. The average Bonchev–Trinajstić information content (AvgIpc) is 3.58. The van der Waals surface area contributed by atoms with Crippen LogP contribution in [-0.4, -0.2) is 42.0 Å². The van der Waals surface area contributed by atoms with Crippen LogP contribution < -0.4 is 20.1 Å². The Labute approximate surface area is 192 Å². The van der Waals surface area contributed by atoms with Crippen LogP contribution in [0.3, 0.4) is 0 Å². The molecule has 1 unspecified atom stereocenters. The molecule has 1 atom stereocenters. The summed E-state index contributed by atoms with van der Waals surface area (Å²) in [4.78, 5) is 40.1. The molecule has 0 spiro atoms. The van der Waals surface area contributed by atoms with E-state index in [1.807, 2.05) is 23.1 Å². The zero-order chi connectivity index (χ0) is 22.8.